The predicted octanol–water partition coefficient (Wildman–Crippen LogP) is 4.51. The molecule has 0 bridgehead atoms. The van der Waals surface area contributed by atoms with Gasteiger partial charge < -0.3 is 10.6 Å². The summed E-state index contributed by atoms with van der Waals surface area (Å²) in [5.41, 5.74) is 6.63. The van der Waals surface area contributed by atoms with Crippen molar-refractivity contribution in [2.24, 2.45) is 0 Å². The maximum Gasteiger partial charge on any atom is 0.416 e. The monoisotopic (exact) mass is 537 g/mol. The van der Waals surface area contributed by atoms with Gasteiger partial charge >= 0.3 is 6.18 Å². The molecule has 0 saturated heterocycles. The summed E-state index contributed by atoms with van der Waals surface area (Å²) in [6.45, 7) is 2.15. The highest BCUT2D eigenvalue weighted by Crippen LogP contribution is 2.36. The lowest BCUT2D eigenvalue weighted by Gasteiger charge is -2.32. The third kappa shape index (κ3) is 4.86. The number of carbonyl (C=O) groups excluding carboxylic acids is 1. The second kappa shape index (κ2) is 9.49. The highest BCUT2D eigenvalue weighted by Gasteiger charge is 2.36. The topological polar surface area (TPSA) is 77.0 Å². The molecule has 1 amide bonds. The van der Waals surface area contributed by atoms with Gasteiger partial charge in [0.15, 0.2) is 0 Å². The summed E-state index contributed by atoms with van der Waals surface area (Å²) in [4.78, 5) is 18.8. The van der Waals surface area contributed by atoms with E-state index in [0.29, 0.717) is 28.3 Å². The van der Waals surface area contributed by atoms with Crippen LogP contribution in [-0.2, 0) is 11.5 Å². The van der Waals surface area contributed by atoms with Crippen LogP contribution in [0.5, 0.6) is 0 Å². The molecule has 0 radical (unpaired) electrons. The minimum atomic E-state index is -4.47. The van der Waals surface area contributed by atoms with Crippen LogP contribution in [0.1, 0.15) is 45.7 Å². The Morgan fingerprint density at radius 3 is 2.61 bits per heavy atom. The highest BCUT2D eigenvalue weighted by molar-refractivity contribution is 9.08. The van der Waals surface area contributed by atoms with Crippen LogP contribution in [-0.4, -0.2) is 27.2 Å². The number of nitrogens with zero attached hydrogens (tertiary/aromatic N) is 4. The number of carbonyl (C=O) groups is 1. The van der Waals surface area contributed by atoms with Crippen molar-refractivity contribution in [1.29, 1.82) is 0 Å². The molecule has 0 fully saturated rings. The first-order valence-corrected chi connectivity index (χ1v) is 10.7. The van der Waals surface area contributed by atoms with E-state index in [-0.39, 0.29) is 42.9 Å². The molecule has 0 unspecified atom stereocenters. The molecule has 0 saturated carbocycles. The molecule has 0 spiro atoms. The number of nitrogen functional groups attached to an aromatic ring is 1. The van der Waals surface area contributed by atoms with Gasteiger partial charge in [0.05, 0.1) is 23.4 Å². The average molecular weight is 538 g/mol. The van der Waals surface area contributed by atoms with Crippen LogP contribution in [0.25, 0.3) is 0 Å². The van der Waals surface area contributed by atoms with Crippen LogP contribution in [0.3, 0.4) is 0 Å². The van der Waals surface area contributed by atoms with Crippen molar-refractivity contribution in [3.8, 4) is 11.8 Å². The quantitative estimate of drug-likeness (QED) is 0.385. The number of aromatic nitrogens is 3. The van der Waals surface area contributed by atoms with E-state index in [0.717, 1.165) is 6.07 Å². The number of hydrogen-bond acceptors (Lipinski definition) is 4. The number of rotatable bonds is 2. The molecule has 11 heteroatoms. The van der Waals surface area contributed by atoms with Gasteiger partial charge in [-0.1, -0.05) is 27.8 Å². The number of hydrogen-bond donors (Lipinski definition) is 1. The van der Waals surface area contributed by atoms with E-state index in [1.165, 1.54) is 29.4 Å². The number of fused-ring (bicyclic) bond motifs is 1. The fourth-order valence-electron chi connectivity index (χ4n) is 3.53. The number of anilines is 2. The van der Waals surface area contributed by atoms with Crippen molar-refractivity contribution in [2.45, 2.75) is 24.5 Å². The molecule has 0 aliphatic carbocycles. The van der Waals surface area contributed by atoms with E-state index in [1.807, 2.05) is 6.92 Å². The number of alkyl halides is 4. The average Bonchev–Trinajstić information content (AvgIpc) is 3.20. The summed E-state index contributed by atoms with van der Waals surface area (Å²) in [5, 5.41) is 4.31. The Hall–Kier alpha value is -2.97. The largest absolute Gasteiger partial charge is 0.416 e. The van der Waals surface area contributed by atoms with Gasteiger partial charge in [-0.05, 0) is 42.8 Å². The van der Waals surface area contributed by atoms with E-state index in [1.54, 1.807) is 16.8 Å². The summed E-state index contributed by atoms with van der Waals surface area (Å²) in [7, 11) is 0. The van der Waals surface area contributed by atoms with Gasteiger partial charge in [0.2, 0.25) is 0 Å². The highest BCUT2D eigenvalue weighted by atomic mass is 79.9. The summed E-state index contributed by atoms with van der Waals surface area (Å²) in [6.07, 6.45) is -1.43. The van der Waals surface area contributed by atoms with E-state index < -0.39 is 11.7 Å². The van der Waals surface area contributed by atoms with Gasteiger partial charge in [0.1, 0.15) is 11.5 Å². The van der Waals surface area contributed by atoms with Gasteiger partial charge in [0, 0.05) is 29.3 Å². The van der Waals surface area contributed by atoms with Crippen molar-refractivity contribution >= 4 is 46.8 Å². The van der Waals surface area contributed by atoms with Crippen molar-refractivity contribution in [3.05, 3.63) is 70.7 Å². The van der Waals surface area contributed by atoms with Gasteiger partial charge in [-0.25, -0.2) is 4.98 Å². The Balaban J connectivity index is 0.00000306. The molecule has 2 aromatic heterocycles. The Bertz CT molecular complexity index is 1250. The molecule has 4 rings (SSSR count). The molecule has 3 heterocycles. The third-order valence-electron chi connectivity index (χ3n) is 5.09. The van der Waals surface area contributed by atoms with Crippen LogP contribution in [0.2, 0.25) is 0 Å². The number of benzene rings is 1. The van der Waals surface area contributed by atoms with E-state index in [2.05, 4.69) is 37.9 Å². The Kier molecular flexibility index (Phi) is 7.09. The van der Waals surface area contributed by atoms with E-state index in [9.17, 15) is 18.0 Å². The number of nitrogens with two attached hydrogens (primary N) is 1. The maximum absolute atomic E-state index is 13.3. The lowest BCUT2D eigenvalue weighted by molar-refractivity contribution is -0.138. The van der Waals surface area contributed by atoms with Crippen LogP contribution >= 0.6 is 29.4 Å². The first-order chi connectivity index (χ1) is 15.2. The molecule has 1 atom stereocenters. The fraction of sp³-hybridized carbons (Fsp3) is 0.227. The van der Waals surface area contributed by atoms with Gasteiger partial charge in [0.25, 0.3) is 5.91 Å². The SMILES string of the molecule is C[C@H]1CN(c2ccc(C(F)(F)F)c(CBr)c2)C(=O)c2c(C#Cc3ccc(N)nc3)cnn21.S. The second-order valence-electron chi connectivity index (χ2n) is 7.31. The molecular weight excluding hydrogens is 519 g/mol. The Morgan fingerprint density at radius 1 is 1.21 bits per heavy atom. The summed E-state index contributed by atoms with van der Waals surface area (Å²) >= 11 is 3.12. The fourth-order valence-corrected chi connectivity index (χ4v) is 3.99. The molecule has 1 aliphatic rings. The first kappa shape index (κ1) is 24.7. The zero-order valence-electron chi connectivity index (χ0n) is 17.3. The van der Waals surface area contributed by atoms with Crippen molar-refractivity contribution < 1.29 is 18.0 Å². The molecule has 172 valence electrons. The van der Waals surface area contributed by atoms with Gasteiger partial charge in [-0.3, -0.25) is 9.48 Å². The normalized spacial score (nSPS) is 15.4. The minimum absolute atomic E-state index is 0. The van der Waals surface area contributed by atoms with Crippen molar-refractivity contribution in [3.63, 3.8) is 0 Å². The Morgan fingerprint density at radius 2 is 1.97 bits per heavy atom. The molecular formula is C22H19BrF3N5OS. The minimum Gasteiger partial charge on any atom is -0.384 e. The summed E-state index contributed by atoms with van der Waals surface area (Å²) in [6, 6.07) is 6.86. The van der Waals surface area contributed by atoms with E-state index in [4.69, 9.17) is 5.73 Å². The first-order valence-electron chi connectivity index (χ1n) is 9.58. The molecule has 1 aliphatic heterocycles. The third-order valence-corrected chi connectivity index (χ3v) is 5.69. The smallest absolute Gasteiger partial charge is 0.384 e. The molecule has 3 aromatic rings. The number of pyridine rings is 1. The molecule has 33 heavy (non-hydrogen) atoms. The van der Waals surface area contributed by atoms with Crippen molar-refractivity contribution in [2.75, 3.05) is 17.2 Å². The van der Waals surface area contributed by atoms with Crippen LogP contribution in [0.4, 0.5) is 24.7 Å². The zero-order chi connectivity index (χ0) is 23.0. The summed E-state index contributed by atoms with van der Waals surface area (Å²) < 4.78 is 41.4. The predicted molar refractivity (Wildman–Crippen MR) is 128 cm³/mol. The van der Waals surface area contributed by atoms with Crippen LogP contribution in [0.15, 0.2) is 42.7 Å². The van der Waals surface area contributed by atoms with Gasteiger partial charge in [-0.2, -0.15) is 31.8 Å². The van der Waals surface area contributed by atoms with Crippen LogP contribution < -0.4 is 10.6 Å². The van der Waals surface area contributed by atoms with E-state index >= 15 is 0 Å². The second-order valence-corrected chi connectivity index (χ2v) is 7.87. The standard InChI is InChI=1S/C22H17BrF3N5O.H2S/c1-13-12-30(17-5-6-18(22(24,25)26)16(8-17)9-23)21(32)20-15(11-29-31(13)20)4-2-14-3-7-19(27)28-10-14;/h3,5-8,10-11,13H,9,12H2,1H3,(H2,27,28);1H2/t13-;/m0./s1. The molecule has 1 aromatic carbocycles. The van der Waals surface area contributed by atoms with Gasteiger partial charge in [-0.15, -0.1) is 0 Å². The lowest BCUT2D eigenvalue weighted by atomic mass is 10.0. The number of halogens is 4. The van der Waals surface area contributed by atoms with Crippen LogP contribution in [0, 0.1) is 11.8 Å². The lowest BCUT2D eigenvalue weighted by Crippen LogP contribution is -2.43. The molecule has 6 nitrogen and oxygen atoms in total. The molecule has 2 N–H and O–H groups in total. The Labute approximate surface area is 203 Å². The van der Waals surface area contributed by atoms with Crippen molar-refractivity contribution in [1.82, 2.24) is 14.8 Å². The maximum atomic E-state index is 13.3. The zero-order valence-corrected chi connectivity index (χ0v) is 19.9. The number of amides is 1. The summed E-state index contributed by atoms with van der Waals surface area (Å²) in [5.74, 6) is 5.88.